The second-order valence-electron chi connectivity index (χ2n) is 4.05. The Morgan fingerprint density at radius 1 is 1.47 bits per heavy atom. The highest BCUT2D eigenvalue weighted by Crippen LogP contribution is 2.48. The lowest BCUT2D eigenvalue weighted by Crippen LogP contribution is -2.07. The van der Waals surface area contributed by atoms with E-state index in [9.17, 15) is 14.9 Å². The van der Waals surface area contributed by atoms with Crippen molar-refractivity contribution >= 4 is 11.7 Å². The molecule has 0 radical (unpaired) electrons. The first-order valence-corrected chi connectivity index (χ1v) is 5.54. The predicted molar refractivity (Wildman–Crippen MR) is 60.6 cm³/mol. The van der Waals surface area contributed by atoms with Crippen molar-refractivity contribution in [3.05, 3.63) is 39.9 Å². The fourth-order valence-electron chi connectivity index (χ4n) is 1.92. The van der Waals surface area contributed by atoms with Crippen LogP contribution in [-0.2, 0) is 9.53 Å². The lowest BCUT2D eigenvalue weighted by Gasteiger charge is -2.01. The van der Waals surface area contributed by atoms with E-state index in [0.29, 0.717) is 6.61 Å². The van der Waals surface area contributed by atoms with Gasteiger partial charge in [0.2, 0.25) is 0 Å². The summed E-state index contributed by atoms with van der Waals surface area (Å²) in [6.07, 6.45) is 0.774. The highest BCUT2D eigenvalue weighted by molar-refractivity contribution is 5.77. The first-order valence-electron chi connectivity index (χ1n) is 5.54. The minimum atomic E-state index is -0.431. The number of rotatable bonds is 4. The number of nitrogens with zero attached hydrogens (tertiary/aromatic N) is 1. The third-order valence-corrected chi connectivity index (χ3v) is 2.91. The summed E-state index contributed by atoms with van der Waals surface area (Å²) in [6, 6.07) is 6.36. The molecule has 1 fully saturated rings. The summed E-state index contributed by atoms with van der Waals surface area (Å²) in [4.78, 5) is 21.5. The standard InChI is InChI=1S/C12H13NO4/c1-2-17-12(14)11-7-10(11)8-3-5-9(6-4-8)13(15)16/h3-6,10-11H,2,7H2,1H3. The molecular formula is C12H13NO4. The minimum absolute atomic E-state index is 0.0714. The highest BCUT2D eigenvalue weighted by Gasteiger charge is 2.45. The lowest BCUT2D eigenvalue weighted by molar-refractivity contribution is -0.384. The summed E-state index contributed by atoms with van der Waals surface area (Å²) >= 11 is 0. The molecule has 0 amide bonds. The van der Waals surface area contributed by atoms with E-state index < -0.39 is 4.92 Å². The molecule has 0 aliphatic heterocycles. The van der Waals surface area contributed by atoms with Crippen molar-refractivity contribution in [2.45, 2.75) is 19.3 Å². The Morgan fingerprint density at radius 3 is 2.65 bits per heavy atom. The van der Waals surface area contributed by atoms with Crippen LogP contribution in [0.1, 0.15) is 24.8 Å². The number of hydrogen-bond acceptors (Lipinski definition) is 4. The van der Waals surface area contributed by atoms with Gasteiger partial charge in [-0.15, -0.1) is 0 Å². The molecule has 0 heterocycles. The largest absolute Gasteiger partial charge is 0.466 e. The number of non-ortho nitro benzene ring substituents is 1. The van der Waals surface area contributed by atoms with E-state index in [1.165, 1.54) is 12.1 Å². The zero-order valence-corrected chi connectivity index (χ0v) is 9.46. The lowest BCUT2D eigenvalue weighted by atomic mass is 10.1. The average Bonchev–Trinajstić information content (AvgIpc) is 3.09. The summed E-state index contributed by atoms with van der Waals surface area (Å²) in [5.74, 6) is -0.0814. The number of carbonyl (C=O) groups excluding carboxylic acids is 1. The molecular weight excluding hydrogens is 222 g/mol. The van der Waals surface area contributed by atoms with Crippen molar-refractivity contribution in [2.75, 3.05) is 6.61 Å². The van der Waals surface area contributed by atoms with Crippen LogP contribution >= 0.6 is 0 Å². The van der Waals surface area contributed by atoms with Crippen LogP contribution in [0.3, 0.4) is 0 Å². The van der Waals surface area contributed by atoms with Crippen LogP contribution in [0, 0.1) is 16.0 Å². The van der Waals surface area contributed by atoms with Gasteiger partial charge in [0.05, 0.1) is 17.4 Å². The van der Waals surface area contributed by atoms with Crippen LogP contribution < -0.4 is 0 Å². The van der Waals surface area contributed by atoms with Crippen molar-refractivity contribution in [1.29, 1.82) is 0 Å². The Hall–Kier alpha value is -1.91. The molecule has 1 aliphatic rings. The van der Waals surface area contributed by atoms with Crippen molar-refractivity contribution in [1.82, 2.24) is 0 Å². The van der Waals surface area contributed by atoms with Gasteiger partial charge in [0.15, 0.2) is 0 Å². The van der Waals surface area contributed by atoms with Gasteiger partial charge in [-0.05, 0) is 24.8 Å². The molecule has 0 saturated heterocycles. The molecule has 1 aliphatic carbocycles. The molecule has 1 saturated carbocycles. The smallest absolute Gasteiger partial charge is 0.309 e. The molecule has 0 spiro atoms. The first kappa shape index (κ1) is 11.6. The second kappa shape index (κ2) is 4.53. The normalized spacial score (nSPS) is 21.9. The fraction of sp³-hybridized carbons (Fsp3) is 0.417. The number of esters is 1. The Bertz CT molecular complexity index is 440. The van der Waals surface area contributed by atoms with Crippen molar-refractivity contribution in [3.8, 4) is 0 Å². The molecule has 90 valence electrons. The average molecular weight is 235 g/mol. The topological polar surface area (TPSA) is 69.4 Å². The quantitative estimate of drug-likeness (QED) is 0.456. The maximum absolute atomic E-state index is 11.4. The second-order valence-corrected chi connectivity index (χ2v) is 4.05. The Kier molecular flexibility index (Phi) is 3.08. The maximum atomic E-state index is 11.4. The van der Waals surface area contributed by atoms with Crippen LogP contribution in [0.5, 0.6) is 0 Å². The molecule has 5 heteroatoms. The summed E-state index contributed by atoms with van der Waals surface area (Å²) in [7, 11) is 0. The molecule has 17 heavy (non-hydrogen) atoms. The molecule has 2 atom stereocenters. The van der Waals surface area contributed by atoms with Crippen LogP contribution in [0.25, 0.3) is 0 Å². The molecule has 1 aromatic rings. The molecule has 0 bridgehead atoms. The van der Waals surface area contributed by atoms with Crippen molar-refractivity contribution in [3.63, 3.8) is 0 Å². The zero-order chi connectivity index (χ0) is 12.4. The maximum Gasteiger partial charge on any atom is 0.309 e. The molecule has 0 N–H and O–H groups in total. The van der Waals surface area contributed by atoms with Gasteiger partial charge < -0.3 is 4.74 Å². The third-order valence-electron chi connectivity index (χ3n) is 2.91. The zero-order valence-electron chi connectivity index (χ0n) is 9.46. The minimum Gasteiger partial charge on any atom is -0.466 e. The summed E-state index contributed by atoms with van der Waals surface area (Å²) in [5.41, 5.74) is 1.04. The van der Waals surface area contributed by atoms with Gasteiger partial charge in [-0.1, -0.05) is 12.1 Å². The van der Waals surface area contributed by atoms with Gasteiger partial charge in [0, 0.05) is 12.1 Å². The van der Waals surface area contributed by atoms with Gasteiger partial charge in [-0.3, -0.25) is 14.9 Å². The van der Waals surface area contributed by atoms with E-state index >= 15 is 0 Å². The number of hydrogen-bond donors (Lipinski definition) is 0. The van der Waals surface area contributed by atoms with Gasteiger partial charge in [0.25, 0.3) is 5.69 Å². The Labute approximate surface area is 98.5 Å². The summed E-state index contributed by atoms with van der Waals surface area (Å²) < 4.78 is 4.93. The third kappa shape index (κ3) is 2.43. The van der Waals surface area contributed by atoms with Crippen LogP contribution in [0.15, 0.2) is 24.3 Å². The van der Waals surface area contributed by atoms with E-state index in [-0.39, 0.29) is 23.5 Å². The number of carbonyl (C=O) groups is 1. The molecule has 0 aromatic heterocycles. The molecule has 5 nitrogen and oxygen atoms in total. The monoisotopic (exact) mass is 235 g/mol. The number of benzene rings is 1. The van der Waals surface area contributed by atoms with Gasteiger partial charge in [-0.2, -0.15) is 0 Å². The van der Waals surface area contributed by atoms with E-state index in [1.807, 2.05) is 0 Å². The Balaban J connectivity index is 2.01. The molecule has 2 rings (SSSR count). The van der Waals surface area contributed by atoms with E-state index in [4.69, 9.17) is 4.74 Å². The molecule has 1 aromatic carbocycles. The van der Waals surface area contributed by atoms with Crippen molar-refractivity contribution in [2.24, 2.45) is 5.92 Å². The van der Waals surface area contributed by atoms with Crippen LogP contribution in [-0.4, -0.2) is 17.5 Å². The van der Waals surface area contributed by atoms with Crippen LogP contribution in [0.2, 0.25) is 0 Å². The van der Waals surface area contributed by atoms with Gasteiger partial charge in [0.1, 0.15) is 0 Å². The highest BCUT2D eigenvalue weighted by atomic mass is 16.6. The summed E-state index contributed by atoms with van der Waals surface area (Å²) in [6.45, 7) is 2.17. The fourth-order valence-corrected chi connectivity index (χ4v) is 1.92. The van der Waals surface area contributed by atoms with E-state index in [2.05, 4.69) is 0 Å². The number of ether oxygens (including phenoxy) is 1. The summed E-state index contributed by atoms with van der Waals surface area (Å²) in [5, 5.41) is 10.5. The van der Waals surface area contributed by atoms with Gasteiger partial charge >= 0.3 is 5.97 Å². The van der Waals surface area contributed by atoms with Gasteiger partial charge in [-0.25, -0.2) is 0 Å². The Morgan fingerprint density at radius 2 is 2.12 bits per heavy atom. The van der Waals surface area contributed by atoms with Crippen LogP contribution in [0.4, 0.5) is 5.69 Å². The first-order chi connectivity index (χ1) is 8.13. The number of nitro benzene ring substituents is 1. The SMILES string of the molecule is CCOC(=O)C1CC1c1ccc([N+](=O)[O-])cc1. The molecule has 2 unspecified atom stereocenters. The predicted octanol–water partition coefficient (Wildman–Crippen LogP) is 2.26. The van der Waals surface area contributed by atoms with E-state index in [1.54, 1.807) is 19.1 Å². The van der Waals surface area contributed by atoms with E-state index in [0.717, 1.165) is 12.0 Å². The number of nitro groups is 1. The van der Waals surface area contributed by atoms with Crippen molar-refractivity contribution < 1.29 is 14.5 Å².